The number of rotatable bonds is 4. The van der Waals surface area contributed by atoms with Crippen LogP contribution in [0.15, 0.2) is 64.1 Å². The van der Waals surface area contributed by atoms with Crippen molar-refractivity contribution >= 4 is 51.9 Å². The Morgan fingerprint density at radius 3 is 2.33 bits per heavy atom. The van der Waals surface area contributed by atoms with E-state index in [4.69, 9.17) is 28.2 Å². The van der Waals surface area contributed by atoms with Crippen molar-refractivity contribution in [2.24, 2.45) is 4.99 Å². The van der Waals surface area contributed by atoms with E-state index >= 15 is 0 Å². The average molecular weight is 501 g/mol. The highest BCUT2D eigenvalue weighted by Gasteiger charge is 2.46. The predicted octanol–water partition coefficient (Wildman–Crippen LogP) is 4.77. The number of carbonyl (C=O) groups is 2. The molecule has 170 valence electrons. The molecule has 0 radical (unpaired) electrons. The summed E-state index contributed by atoms with van der Waals surface area (Å²) < 4.78 is 0. The third-order valence-electron chi connectivity index (χ3n) is 6.06. The highest BCUT2D eigenvalue weighted by atomic mass is 35.5. The zero-order chi connectivity index (χ0) is 23.1. The number of amides is 2. The smallest absolute Gasteiger partial charge is 0.263 e. The number of halogens is 2. The Morgan fingerprint density at radius 2 is 1.73 bits per heavy atom. The fourth-order valence-electron chi connectivity index (χ4n) is 4.49. The lowest BCUT2D eigenvalue weighted by molar-refractivity contribution is -0.135. The fraction of sp³-hybridized carbons (Fsp3) is 0.292. The summed E-state index contributed by atoms with van der Waals surface area (Å²) in [5.74, 6) is -0.238. The number of fused-ring (bicyclic) bond motifs is 1. The van der Waals surface area contributed by atoms with E-state index in [1.165, 1.54) is 11.8 Å². The number of thioether (sulfide) groups is 1. The second kappa shape index (κ2) is 9.05. The maximum atomic E-state index is 13.4. The van der Waals surface area contributed by atoms with Crippen molar-refractivity contribution in [3.05, 3.63) is 80.3 Å². The number of nitrogens with zero attached hydrogens (tertiary/aromatic N) is 3. The molecule has 0 aromatic heterocycles. The van der Waals surface area contributed by atoms with Gasteiger partial charge in [-0.05, 0) is 53.6 Å². The molecule has 0 aliphatic carbocycles. The first-order valence-corrected chi connectivity index (χ1v) is 12.4. The van der Waals surface area contributed by atoms with E-state index in [9.17, 15) is 9.59 Å². The first-order chi connectivity index (χ1) is 16.0. The van der Waals surface area contributed by atoms with E-state index in [-0.39, 0.29) is 30.4 Å². The number of hydrogen-bond donors (Lipinski definition) is 1. The summed E-state index contributed by atoms with van der Waals surface area (Å²) in [6.07, 6.45) is 0.671. The van der Waals surface area contributed by atoms with Crippen LogP contribution in [-0.2, 0) is 9.59 Å². The molecule has 2 unspecified atom stereocenters. The van der Waals surface area contributed by atoms with Gasteiger partial charge in [0.1, 0.15) is 6.04 Å². The maximum Gasteiger partial charge on any atom is 0.263 e. The molecule has 9 heteroatoms. The monoisotopic (exact) mass is 500 g/mol. The number of amidine groups is 1. The molecule has 3 aliphatic rings. The lowest BCUT2D eigenvalue weighted by atomic mass is 9.93. The first kappa shape index (κ1) is 22.3. The van der Waals surface area contributed by atoms with Crippen LogP contribution in [0, 0.1) is 0 Å². The highest BCUT2D eigenvalue weighted by Crippen LogP contribution is 2.52. The van der Waals surface area contributed by atoms with Crippen LogP contribution in [-0.4, -0.2) is 46.4 Å². The minimum Gasteiger partial charge on any atom is -0.353 e. The van der Waals surface area contributed by atoms with Crippen LogP contribution < -0.4 is 5.32 Å². The molecule has 2 amide bonds. The van der Waals surface area contributed by atoms with Gasteiger partial charge in [0.25, 0.3) is 5.91 Å². The van der Waals surface area contributed by atoms with E-state index in [1.807, 2.05) is 55.5 Å². The summed E-state index contributed by atoms with van der Waals surface area (Å²) in [4.78, 5) is 34.7. The quantitative estimate of drug-likeness (QED) is 0.656. The van der Waals surface area contributed by atoms with Crippen LogP contribution in [0.4, 0.5) is 0 Å². The number of hydrogen-bond acceptors (Lipinski definition) is 5. The number of carbonyl (C=O) groups excluding carboxylic acids is 2. The molecular formula is C24H22Cl2N4O2S. The third kappa shape index (κ3) is 4.14. The van der Waals surface area contributed by atoms with E-state index < -0.39 is 0 Å². The van der Waals surface area contributed by atoms with Crippen molar-refractivity contribution in [3.8, 4) is 0 Å². The van der Waals surface area contributed by atoms with Crippen LogP contribution in [0.3, 0.4) is 0 Å². The van der Waals surface area contributed by atoms with Crippen LogP contribution in [0.1, 0.15) is 36.6 Å². The number of aliphatic imine (C=N–C) groups is 1. The Hall–Kier alpha value is -2.48. The van der Waals surface area contributed by atoms with E-state index in [1.54, 1.807) is 4.90 Å². The van der Waals surface area contributed by atoms with Gasteiger partial charge in [0.05, 0.1) is 17.5 Å². The lowest BCUT2D eigenvalue weighted by Crippen LogP contribution is -2.50. The van der Waals surface area contributed by atoms with Crippen molar-refractivity contribution in [2.45, 2.75) is 25.4 Å². The van der Waals surface area contributed by atoms with Crippen LogP contribution in [0.2, 0.25) is 10.0 Å². The van der Waals surface area contributed by atoms with Crippen molar-refractivity contribution in [2.75, 3.05) is 19.6 Å². The van der Waals surface area contributed by atoms with Crippen LogP contribution >= 0.6 is 35.0 Å². The van der Waals surface area contributed by atoms with Gasteiger partial charge in [-0.2, -0.15) is 0 Å². The van der Waals surface area contributed by atoms with Crippen LogP contribution in [0.25, 0.3) is 0 Å². The zero-order valence-corrected chi connectivity index (χ0v) is 20.3. The Balaban J connectivity index is 1.55. The molecule has 1 fully saturated rings. The lowest BCUT2D eigenvalue weighted by Gasteiger charge is -2.30. The first-order valence-electron chi connectivity index (χ1n) is 10.8. The Kier molecular flexibility index (Phi) is 6.12. The van der Waals surface area contributed by atoms with E-state index in [0.29, 0.717) is 34.5 Å². The molecule has 3 heterocycles. The van der Waals surface area contributed by atoms with Crippen molar-refractivity contribution in [1.82, 2.24) is 15.1 Å². The molecule has 1 saturated heterocycles. The molecule has 0 saturated carbocycles. The summed E-state index contributed by atoms with van der Waals surface area (Å²) in [6, 6.07) is 15.3. The zero-order valence-electron chi connectivity index (χ0n) is 17.9. The number of piperazine rings is 1. The minimum atomic E-state index is -0.148. The minimum absolute atomic E-state index is 0.0837. The second-order valence-electron chi connectivity index (χ2n) is 8.08. The summed E-state index contributed by atoms with van der Waals surface area (Å²) in [5, 5.41) is 4.92. The summed E-state index contributed by atoms with van der Waals surface area (Å²) in [5.41, 5.74) is 3.06. The van der Waals surface area contributed by atoms with Crippen molar-refractivity contribution < 1.29 is 9.59 Å². The number of nitrogens with one attached hydrogen (secondary N) is 1. The summed E-state index contributed by atoms with van der Waals surface area (Å²) in [7, 11) is 0. The molecule has 0 spiro atoms. The maximum absolute atomic E-state index is 13.4. The van der Waals surface area contributed by atoms with Gasteiger partial charge < -0.3 is 15.1 Å². The van der Waals surface area contributed by atoms with Crippen molar-refractivity contribution in [3.63, 3.8) is 0 Å². The molecule has 3 aliphatic heterocycles. The van der Waals surface area contributed by atoms with Crippen LogP contribution in [0.5, 0.6) is 0 Å². The van der Waals surface area contributed by atoms with E-state index in [0.717, 1.165) is 22.0 Å². The fourth-order valence-corrected chi connectivity index (χ4v) is 5.99. The van der Waals surface area contributed by atoms with E-state index in [2.05, 4.69) is 10.2 Å². The Bertz CT molecular complexity index is 1160. The van der Waals surface area contributed by atoms with Gasteiger partial charge in [-0.3, -0.25) is 14.6 Å². The average Bonchev–Trinajstić information content (AvgIpc) is 3.36. The van der Waals surface area contributed by atoms with Gasteiger partial charge >= 0.3 is 0 Å². The second-order valence-corrected chi connectivity index (χ2v) is 9.93. The molecule has 0 bridgehead atoms. The topological polar surface area (TPSA) is 65.0 Å². The van der Waals surface area contributed by atoms with Crippen molar-refractivity contribution in [1.29, 1.82) is 0 Å². The normalized spacial score (nSPS) is 22.4. The molecule has 5 rings (SSSR count). The van der Waals surface area contributed by atoms with Gasteiger partial charge in [0.2, 0.25) is 5.91 Å². The van der Waals surface area contributed by atoms with Gasteiger partial charge in [0.15, 0.2) is 5.17 Å². The number of allylic oxidation sites excluding steroid dienone is 1. The van der Waals surface area contributed by atoms with Gasteiger partial charge in [0, 0.05) is 28.8 Å². The molecule has 2 atom stereocenters. The molecular weight excluding hydrogens is 479 g/mol. The molecule has 33 heavy (non-hydrogen) atoms. The largest absolute Gasteiger partial charge is 0.353 e. The molecule has 2 aromatic rings. The highest BCUT2D eigenvalue weighted by molar-refractivity contribution is 8.18. The van der Waals surface area contributed by atoms with Gasteiger partial charge in [-0.15, -0.1) is 0 Å². The third-order valence-corrected chi connectivity index (χ3v) is 7.66. The predicted molar refractivity (Wildman–Crippen MR) is 132 cm³/mol. The molecule has 2 aromatic carbocycles. The van der Waals surface area contributed by atoms with Gasteiger partial charge in [-0.25, -0.2) is 0 Å². The standard InChI is InChI=1S/C24H22Cl2N4O2S/c1-2-18-22(23(32)29-12-11-27-19(31)13-29)33-24-28-20(14-3-7-16(25)8-4-14)21(30(18)24)15-5-9-17(26)10-6-15/h3-10,20-21H,2,11-13H2,1H3,(H,27,31). The summed E-state index contributed by atoms with van der Waals surface area (Å²) in [6.45, 7) is 3.11. The molecule has 1 N–H and O–H groups in total. The number of benzene rings is 2. The van der Waals surface area contributed by atoms with Gasteiger partial charge in [-0.1, -0.05) is 54.4 Å². The SMILES string of the molecule is CCC1=C(C(=O)N2CCNC(=O)C2)SC2=NC(c3ccc(Cl)cc3)C(c3ccc(Cl)cc3)N21. The Labute approximate surface area is 206 Å². The Morgan fingerprint density at radius 1 is 1.09 bits per heavy atom. The molecule has 6 nitrogen and oxygen atoms in total. The summed E-state index contributed by atoms with van der Waals surface area (Å²) >= 11 is 13.7.